The Morgan fingerprint density at radius 3 is 2.17 bits per heavy atom. The molecule has 1 aromatic heterocycles. The van der Waals surface area contributed by atoms with Crippen LogP contribution in [-0.2, 0) is 19.5 Å². The van der Waals surface area contributed by atoms with Crippen LogP contribution in [0.5, 0.6) is 0 Å². The number of nitrogens with one attached hydrogen (secondary N) is 1. The lowest BCUT2D eigenvalue weighted by Gasteiger charge is -2.04. The van der Waals surface area contributed by atoms with Crippen LogP contribution < -0.4 is 5.32 Å². The van der Waals surface area contributed by atoms with E-state index in [0.29, 0.717) is 13.1 Å². The summed E-state index contributed by atoms with van der Waals surface area (Å²) < 4.78 is 0. The van der Waals surface area contributed by atoms with Crippen molar-refractivity contribution in [2.45, 2.75) is 26.4 Å². The fraction of sp³-hybridized carbons (Fsp3) is 0.200. The zero-order valence-corrected chi connectivity index (χ0v) is 16.8. The van der Waals surface area contributed by atoms with Crippen molar-refractivity contribution in [3.8, 4) is 11.3 Å². The van der Waals surface area contributed by atoms with Gasteiger partial charge in [-0.15, -0.1) is 0 Å². The second-order valence-electron chi connectivity index (χ2n) is 7.29. The Kier molecular flexibility index (Phi) is 6.13. The smallest absolute Gasteiger partial charge is 0.117 e. The first kappa shape index (κ1) is 19.1. The maximum atomic E-state index is 4.80. The van der Waals surface area contributed by atoms with E-state index in [1.165, 1.54) is 16.7 Å². The quantitative estimate of drug-likeness (QED) is 0.452. The van der Waals surface area contributed by atoms with E-state index in [0.717, 1.165) is 29.9 Å². The number of aromatic nitrogens is 3. The molecule has 0 saturated heterocycles. The van der Waals surface area contributed by atoms with Gasteiger partial charge in [0.2, 0.25) is 0 Å². The molecule has 0 aliphatic rings. The third kappa shape index (κ3) is 5.18. The monoisotopic (exact) mass is 382 g/mol. The first-order valence-electron chi connectivity index (χ1n) is 10.1. The first-order chi connectivity index (χ1) is 14.3. The minimum absolute atomic E-state index is 0.671. The van der Waals surface area contributed by atoms with Crippen LogP contribution in [-0.4, -0.2) is 21.5 Å². The van der Waals surface area contributed by atoms with E-state index in [9.17, 15) is 0 Å². The molecule has 29 heavy (non-hydrogen) atoms. The van der Waals surface area contributed by atoms with Gasteiger partial charge in [0.25, 0.3) is 0 Å². The molecule has 0 saturated carbocycles. The predicted octanol–water partition coefficient (Wildman–Crippen LogP) is 4.63. The van der Waals surface area contributed by atoms with Crippen molar-refractivity contribution >= 4 is 0 Å². The van der Waals surface area contributed by atoms with Gasteiger partial charge in [0.1, 0.15) is 11.4 Å². The molecule has 0 unspecified atom stereocenters. The standard InChI is InChI=1S/C25H26N4/c1-20-12-14-22(15-13-20)19-29-27-24(25(28-29)23-10-6-3-7-11-23)18-26-17-16-21-8-4-2-5-9-21/h2-15,26H,16-19H2,1H3. The highest BCUT2D eigenvalue weighted by atomic mass is 15.5. The molecule has 0 aliphatic heterocycles. The molecule has 0 atom stereocenters. The second kappa shape index (κ2) is 9.30. The zero-order valence-electron chi connectivity index (χ0n) is 16.8. The Bertz CT molecular complexity index is 1020. The SMILES string of the molecule is Cc1ccc(Cn2nc(CNCCc3ccccc3)c(-c3ccccc3)n2)cc1. The van der Waals surface area contributed by atoms with Crippen LogP contribution in [0, 0.1) is 6.92 Å². The minimum Gasteiger partial charge on any atom is -0.311 e. The first-order valence-corrected chi connectivity index (χ1v) is 10.1. The lowest BCUT2D eigenvalue weighted by atomic mass is 10.1. The van der Waals surface area contributed by atoms with Gasteiger partial charge in [-0.05, 0) is 31.0 Å². The Morgan fingerprint density at radius 2 is 1.45 bits per heavy atom. The highest BCUT2D eigenvalue weighted by Gasteiger charge is 2.13. The van der Waals surface area contributed by atoms with Gasteiger partial charge >= 0.3 is 0 Å². The van der Waals surface area contributed by atoms with Crippen molar-refractivity contribution in [2.75, 3.05) is 6.54 Å². The lowest BCUT2D eigenvalue weighted by molar-refractivity contribution is 0.576. The minimum atomic E-state index is 0.671. The lowest BCUT2D eigenvalue weighted by Crippen LogP contribution is -2.17. The Morgan fingerprint density at radius 1 is 0.759 bits per heavy atom. The van der Waals surface area contributed by atoms with Crippen LogP contribution in [0.25, 0.3) is 11.3 Å². The summed E-state index contributed by atoms with van der Waals surface area (Å²) in [4.78, 5) is 1.81. The van der Waals surface area contributed by atoms with E-state index in [1.54, 1.807) is 4.80 Å². The van der Waals surface area contributed by atoms with Crippen molar-refractivity contribution in [2.24, 2.45) is 0 Å². The van der Waals surface area contributed by atoms with Gasteiger partial charge < -0.3 is 5.32 Å². The van der Waals surface area contributed by atoms with Crippen LogP contribution in [0.3, 0.4) is 0 Å². The van der Waals surface area contributed by atoms with E-state index in [-0.39, 0.29) is 0 Å². The average Bonchev–Trinajstić information content (AvgIpc) is 3.17. The third-order valence-electron chi connectivity index (χ3n) is 4.94. The Labute approximate surface area is 172 Å². The van der Waals surface area contributed by atoms with Crippen LogP contribution in [0.15, 0.2) is 84.9 Å². The summed E-state index contributed by atoms with van der Waals surface area (Å²) in [5, 5.41) is 13.1. The molecule has 4 nitrogen and oxygen atoms in total. The van der Waals surface area contributed by atoms with Gasteiger partial charge in [0.05, 0.1) is 6.54 Å². The molecule has 0 amide bonds. The van der Waals surface area contributed by atoms with Gasteiger partial charge in [0, 0.05) is 12.1 Å². The summed E-state index contributed by atoms with van der Waals surface area (Å²) in [5.41, 5.74) is 6.83. The molecule has 3 aromatic carbocycles. The number of rotatable bonds is 8. The highest BCUT2D eigenvalue weighted by molar-refractivity contribution is 5.60. The van der Waals surface area contributed by atoms with Gasteiger partial charge in [-0.2, -0.15) is 15.0 Å². The number of benzene rings is 3. The van der Waals surface area contributed by atoms with Gasteiger partial charge in [-0.25, -0.2) is 0 Å². The number of nitrogens with zero attached hydrogens (tertiary/aromatic N) is 3. The van der Waals surface area contributed by atoms with Crippen molar-refractivity contribution in [1.29, 1.82) is 0 Å². The highest BCUT2D eigenvalue weighted by Crippen LogP contribution is 2.20. The number of hydrogen-bond donors (Lipinski definition) is 1. The average molecular weight is 383 g/mol. The summed E-state index contributed by atoms with van der Waals surface area (Å²) in [7, 11) is 0. The van der Waals surface area contributed by atoms with Gasteiger partial charge in [0.15, 0.2) is 0 Å². The molecule has 4 rings (SSSR count). The molecule has 4 aromatic rings. The molecule has 0 spiro atoms. The van der Waals surface area contributed by atoms with Gasteiger partial charge in [-0.3, -0.25) is 0 Å². The maximum absolute atomic E-state index is 4.80. The third-order valence-corrected chi connectivity index (χ3v) is 4.94. The van der Waals surface area contributed by atoms with Gasteiger partial charge in [-0.1, -0.05) is 90.5 Å². The fourth-order valence-corrected chi connectivity index (χ4v) is 3.33. The van der Waals surface area contributed by atoms with Crippen LogP contribution >= 0.6 is 0 Å². The molecule has 0 fully saturated rings. The normalized spacial score (nSPS) is 10.9. The summed E-state index contributed by atoms with van der Waals surface area (Å²) in [6.07, 6.45) is 0.999. The molecular formula is C25H26N4. The van der Waals surface area contributed by atoms with Crippen LogP contribution in [0.2, 0.25) is 0 Å². The van der Waals surface area contributed by atoms with E-state index >= 15 is 0 Å². The summed E-state index contributed by atoms with van der Waals surface area (Å²) in [6.45, 7) is 4.38. The van der Waals surface area contributed by atoms with Crippen molar-refractivity contribution in [1.82, 2.24) is 20.3 Å². The second-order valence-corrected chi connectivity index (χ2v) is 7.29. The Balaban J connectivity index is 1.48. The van der Waals surface area contributed by atoms with E-state index in [1.807, 2.05) is 18.2 Å². The van der Waals surface area contributed by atoms with Crippen molar-refractivity contribution in [3.05, 3.63) is 107 Å². The van der Waals surface area contributed by atoms with E-state index in [2.05, 4.69) is 79.0 Å². The van der Waals surface area contributed by atoms with E-state index < -0.39 is 0 Å². The summed E-state index contributed by atoms with van der Waals surface area (Å²) in [6, 6.07) is 29.4. The summed E-state index contributed by atoms with van der Waals surface area (Å²) in [5.74, 6) is 0. The van der Waals surface area contributed by atoms with E-state index in [4.69, 9.17) is 10.2 Å². The molecule has 1 heterocycles. The topological polar surface area (TPSA) is 42.7 Å². The molecule has 4 heteroatoms. The van der Waals surface area contributed by atoms with Crippen molar-refractivity contribution in [3.63, 3.8) is 0 Å². The fourth-order valence-electron chi connectivity index (χ4n) is 3.33. The van der Waals surface area contributed by atoms with Crippen molar-refractivity contribution < 1.29 is 0 Å². The molecule has 0 bridgehead atoms. The molecule has 0 radical (unpaired) electrons. The molecular weight excluding hydrogens is 356 g/mol. The molecule has 1 N–H and O–H groups in total. The maximum Gasteiger partial charge on any atom is 0.117 e. The predicted molar refractivity (Wildman–Crippen MR) is 118 cm³/mol. The number of aryl methyl sites for hydroxylation is 1. The number of hydrogen-bond acceptors (Lipinski definition) is 3. The zero-order chi connectivity index (χ0) is 19.9. The largest absolute Gasteiger partial charge is 0.311 e. The molecule has 146 valence electrons. The van der Waals surface area contributed by atoms with Crippen LogP contribution in [0.4, 0.5) is 0 Å². The molecule has 0 aliphatic carbocycles. The van der Waals surface area contributed by atoms with Crippen LogP contribution in [0.1, 0.15) is 22.4 Å². The Hall–Kier alpha value is -3.24. The summed E-state index contributed by atoms with van der Waals surface area (Å²) >= 11 is 0.